The average molecular weight is 747 g/mol. The molecule has 0 fully saturated rings. The highest BCUT2D eigenvalue weighted by molar-refractivity contribution is 6.12. The summed E-state index contributed by atoms with van der Waals surface area (Å²) in [4.78, 5) is 68.2. The molecule has 0 heterocycles. The van der Waals surface area contributed by atoms with Gasteiger partial charge in [0, 0.05) is 19.7 Å². The third kappa shape index (κ3) is 9.51. The zero-order chi connectivity index (χ0) is 39.5. The predicted octanol–water partition coefficient (Wildman–Crippen LogP) is 7.26. The minimum atomic E-state index is -4.52. The first-order valence-corrected chi connectivity index (χ1v) is 17.2. The minimum absolute atomic E-state index is 0.0288. The van der Waals surface area contributed by atoms with Crippen molar-refractivity contribution in [2.45, 2.75) is 44.7 Å². The van der Waals surface area contributed by atoms with Crippen molar-refractivity contribution in [1.29, 1.82) is 0 Å². The van der Waals surface area contributed by atoms with Crippen molar-refractivity contribution < 1.29 is 51.4 Å². The van der Waals surface area contributed by atoms with Crippen LogP contribution in [0.4, 0.5) is 18.9 Å². The Morgan fingerprint density at radius 3 is 1.91 bits per heavy atom. The summed E-state index contributed by atoms with van der Waals surface area (Å²) in [6, 6.07) is 23.7. The fourth-order valence-electron chi connectivity index (χ4n) is 5.92. The van der Waals surface area contributed by atoms with Gasteiger partial charge in [-0.15, -0.1) is 0 Å². The van der Waals surface area contributed by atoms with E-state index >= 15 is 0 Å². The Kier molecular flexibility index (Phi) is 13.7. The maximum Gasteiger partial charge on any atom is 0.416 e. The van der Waals surface area contributed by atoms with Crippen molar-refractivity contribution in [3.05, 3.63) is 125 Å². The van der Waals surface area contributed by atoms with Crippen molar-refractivity contribution in [2.75, 3.05) is 39.2 Å². The van der Waals surface area contributed by atoms with E-state index in [2.05, 4.69) is 5.32 Å². The van der Waals surface area contributed by atoms with Crippen LogP contribution in [0.2, 0.25) is 0 Å². The van der Waals surface area contributed by atoms with Crippen LogP contribution in [0.1, 0.15) is 64.1 Å². The van der Waals surface area contributed by atoms with Gasteiger partial charge in [-0.1, -0.05) is 72.8 Å². The van der Waals surface area contributed by atoms with Gasteiger partial charge in [0.15, 0.2) is 5.41 Å². The van der Waals surface area contributed by atoms with Gasteiger partial charge in [0.05, 0.1) is 43.1 Å². The summed E-state index contributed by atoms with van der Waals surface area (Å²) in [5, 5.41) is 2.74. The van der Waals surface area contributed by atoms with Crippen LogP contribution in [0.3, 0.4) is 0 Å². The van der Waals surface area contributed by atoms with Crippen molar-refractivity contribution in [3.8, 4) is 11.1 Å². The molecule has 0 spiro atoms. The number of esters is 3. The Morgan fingerprint density at radius 1 is 0.704 bits per heavy atom. The van der Waals surface area contributed by atoms with Crippen molar-refractivity contribution in [2.24, 2.45) is 0 Å². The number of halogens is 3. The van der Waals surface area contributed by atoms with E-state index in [0.29, 0.717) is 16.7 Å². The SMILES string of the molecule is CCOC(=O)C(CCCOC(=O)Cc1cccc(NC(=O)c2ccccc2-c2ccc(C(F)(F)F)cc2)c1C(=O)N(C)C)(C(=O)OCC)c1ccccc1. The molecule has 0 unspecified atom stereocenters. The molecule has 0 aromatic heterocycles. The molecule has 4 rings (SSSR count). The monoisotopic (exact) mass is 746 g/mol. The predicted molar refractivity (Wildman–Crippen MR) is 195 cm³/mol. The number of nitrogens with one attached hydrogen (secondary N) is 1. The Balaban J connectivity index is 1.54. The van der Waals surface area contributed by atoms with Gasteiger partial charge in [-0.2, -0.15) is 13.2 Å². The molecular formula is C41H41F3N2O8. The quantitative estimate of drug-likeness (QED) is 0.0583. The first-order valence-electron chi connectivity index (χ1n) is 17.2. The van der Waals surface area contributed by atoms with Gasteiger partial charge in [-0.3, -0.25) is 24.0 Å². The summed E-state index contributed by atoms with van der Waals surface area (Å²) in [5.41, 5.74) is -0.971. The highest BCUT2D eigenvalue weighted by Gasteiger charge is 2.50. The molecule has 1 N–H and O–H groups in total. The molecule has 10 nitrogen and oxygen atoms in total. The molecular weight excluding hydrogens is 705 g/mol. The topological polar surface area (TPSA) is 128 Å². The molecule has 0 radical (unpaired) electrons. The van der Waals surface area contributed by atoms with E-state index in [1.165, 1.54) is 43.3 Å². The van der Waals surface area contributed by atoms with E-state index in [-0.39, 0.29) is 61.5 Å². The van der Waals surface area contributed by atoms with Gasteiger partial charge in [-0.05, 0) is 73.2 Å². The lowest BCUT2D eigenvalue weighted by atomic mass is 9.76. The van der Waals surface area contributed by atoms with E-state index in [1.54, 1.807) is 74.5 Å². The Bertz CT molecular complexity index is 1940. The van der Waals surface area contributed by atoms with Crippen LogP contribution in [0.15, 0.2) is 97.1 Å². The summed E-state index contributed by atoms with van der Waals surface area (Å²) < 4.78 is 55.6. The second kappa shape index (κ2) is 18.2. The van der Waals surface area contributed by atoms with E-state index in [1.807, 2.05) is 0 Å². The normalized spacial score (nSPS) is 11.3. The van der Waals surface area contributed by atoms with Crippen LogP contribution in [0.5, 0.6) is 0 Å². The molecule has 54 heavy (non-hydrogen) atoms. The zero-order valence-electron chi connectivity index (χ0n) is 30.3. The van der Waals surface area contributed by atoms with Gasteiger partial charge in [0.2, 0.25) is 0 Å². The van der Waals surface area contributed by atoms with Crippen molar-refractivity contribution in [1.82, 2.24) is 4.90 Å². The minimum Gasteiger partial charge on any atom is -0.465 e. The summed E-state index contributed by atoms with van der Waals surface area (Å²) in [6.45, 7) is 3.12. The van der Waals surface area contributed by atoms with Crippen LogP contribution < -0.4 is 5.32 Å². The van der Waals surface area contributed by atoms with Crippen LogP contribution in [0.25, 0.3) is 11.1 Å². The van der Waals surface area contributed by atoms with E-state index in [0.717, 1.165) is 12.1 Å². The van der Waals surface area contributed by atoms with Crippen LogP contribution in [-0.4, -0.2) is 68.5 Å². The molecule has 0 saturated carbocycles. The summed E-state index contributed by atoms with van der Waals surface area (Å²) in [6.07, 6.45) is -4.89. The Morgan fingerprint density at radius 2 is 1.31 bits per heavy atom. The van der Waals surface area contributed by atoms with Gasteiger partial charge < -0.3 is 24.4 Å². The number of benzene rings is 4. The summed E-state index contributed by atoms with van der Waals surface area (Å²) in [7, 11) is 3.02. The molecule has 0 aliphatic heterocycles. The molecule has 284 valence electrons. The van der Waals surface area contributed by atoms with Crippen LogP contribution >= 0.6 is 0 Å². The first-order chi connectivity index (χ1) is 25.7. The molecule has 13 heteroatoms. The smallest absolute Gasteiger partial charge is 0.416 e. The molecule has 4 aromatic rings. The Labute approximate surface area is 311 Å². The van der Waals surface area contributed by atoms with Gasteiger partial charge >= 0.3 is 24.1 Å². The van der Waals surface area contributed by atoms with Gasteiger partial charge in [-0.25, -0.2) is 0 Å². The number of alkyl halides is 3. The van der Waals surface area contributed by atoms with E-state index < -0.39 is 46.9 Å². The number of anilines is 1. The lowest BCUT2D eigenvalue weighted by Gasteiger charge is -2.29. The zero-order valence-corrected chi connectivity index (χ0v) is 30.3. The lowest BCUT2D eigenvalue weighted by Crippen LogP contribution is -2.46. The fraction of sp³-hybridized carbons (Fsp3) is 0.293. The lowest BCUT2D eigenvalue weighted by molar-refractivity contribution is -0.165. The second-order valence-corrected chi connectivity index (χ2v) is 12.3. The standard InChI is InChI=1S/C41H41F3N2O8/c1-5-52-38(50)40(39(51)53-6-2,29-15-8-7-9-16-29)24-13-25-54-34(47)26-28-14-12-19-33(35(28)37(49)46(3)4)45-36(48)32-18-11-10-17-31(32)27-20-22-30(23-21-27)41(42,43)44/h7-12,14-23H,5-6,13,24-26H2,1-4H3,(H,45,48). The largest absolute Gasteiger partial charge is 0.465 e. The summed E-state index contributed by atoms with van der Waals surface area (Å²) in [5.74, 6) is -3.43. The maximum atomic E-state index is 13.7. The number of carbonyl (C=O) groups is 5. The molecule has 0 bridgehead atoms. The second-order valence-electron chi connectivity index (χ2n) is 12.3. The number of hydrogen-bond donors (Lipinski definition) is 1. The number of nitrogens with zero attached hydrogens (tertiary/aromatic N) is 1. The van der Waals surface area contributed by atoms with Crippen LogP contribution in [-0.2, 0) is 46.6 Å². The summed E-state index contributed by atoms with van der Waals surface area (Å²) >= 11 is 0. The van der Waals surface area contributed by atoms with Crippen molar-refractivity contribution >= 4 is 35.4 Å². The first kappa shape index (κ1) is 40.8. The molecule has 0 aliphatic rings. The van der Waals surface area contributed by atoms with Crippen molar-refractivity contribution in [3.63, 3.8) is 0 Å². The van der Waals surface area contributed by atoms with Gasteiger partial charge in [0.25, 0.3) is 11.8 Å². The maximum absolute atomic E-state index is 13.7. The molecule has 0 atom stereocenters. The number of rotatable bonds is 15. The van der Waals surface area contributed by atoms with E-state index in [4.69, 9.17) is 14.2 Å². The highest BCUT2D eigenvalue weighted by Crippen LogP contribution is 2.34. The van der Waals surface area contributed by atoms with Crippen LogP contribution in [0, 0.1) is 0 Å². The van der Waals surface area contributed by atoms with Gasteiger partial charge in [0.1, 0.15) is 0 Å². The molecule has 0 aliphatic carbocycles. The Hall–Kier alpha value is -5.98. The average Bonchev–Trinajstić information content (AvgIpc) is 3.15. The molecule has 4 aromatic carbocycles. The number of carbonyl (C=O) groups excluding carboxylic acids is 5. The number of ether oxygens (including phenoxy) is 3. The number of hydrogen-bond acceptors (Lipinski definition) is 8. The fourth-order valence-corrected chi connectivity index (χ4v) is 5.92. The number of amides is 2. The third-order valence-corrected chi connectivity index (χ3v) is 8.52. The van der Waals surface area contributed by atoms with E-state index in [9.17, 15) is 37.1 Å². The third-order valence-electron chi connectivity index (χ3n) is 8.52. The highest BCUT2D eigenvalue weighted by atomic mass is 19.4. The molecule has 2 amide bonds. The molecule has 0 saturated heterocycles.